The molecule has 0 spiro atoms. The van der Waals surface area contributed by atoms with E-state index >= 15 is 0 Å². The summed E-state index contributed by atoms with van der Waals surface area (Å²) in [5.74, 6) is 0. The van der Waals surface area contributed by atoms with Crippen LogP contribution in [0.15, 0.2) is 53.5 Å². The Hall–Kier alpha value is -1.37. The van der Waals surface area contributed by atoms with Gasteiger partial charge in [-0.15, -0.1) is 0 Å². The van der Waals surface area contributed by atoms with E-state index < -0.39 is 6.77 Å². The van der Waals surface area contributed by atoms with Crippen LogP contribution in [0.25, 0.3) is 0 Å². The summed E-state index contributed by atoms with van der Waals surface area (Å²) in [6.45, 7) is 20.3. The first-order valence-corrected chi connectivity index (χ1v) is 14.1. The van der Waals surface area contributed by atoms with E-state index in [4.69, 9.17) is 16.2 Å². The number of nitrogens with zero attached hydrogens (tertiary/aromatic N) is 2. The molecule has 0 aliphatic rings. The SMILES string of the molecule is CC(C)[P+](Cl)(C(C)C)N(C=Nc1ccc(C(C)(C)C)cc1)c1ccc(C(C)(C)C)cc1. The van der Waals surface area contributed by atoms with Crippen molar-refractivity contribution < 1.29 is 0 Å². The van der Waals surface area contributed by atoms with E-state index in [-0.39, 0.29) is 10.8 Å². The largest absolute Gasteiger partial charge is 0.235 e. The average Bonchev–Trinajstić information content (AvgIpc) is 2.67. The van der Waals surface area contributed by atoms with Crippen molar-refractivity contribution in [1.29, 1.82) is 0 Å². The molecule has 0 aliphatic heterocycles. The monoisotopic (exact) mass is 459 g/mol. The molecule has 0 aliphatic carbocycles. The van der Waals surface area contributed by atoms with Gasteiger partial charge in [-0.2, -0.15) is 4.67 Å². The van der Waals surface area contributed by atoms with E-state index in [1.165, 1.54) is 11.1 Å². The summed E-state index contributed by atoms with van der Waals surface area (Å²) in [6.07, 6.45) is 1.96. The van der Waals surface area contributed by atoms with Gasteiger partial charge in [-0.1, -0.05) is 65.8 Å². The van der Waals surface area contributed by atoms with Gasteiger partial charge in [0, 0.05) is 0 Å². The van der Waals surface area contributed by atoms with Crippen molar-refractivity contribution in [2.24, 2.45) is 4.99 Å². The first-order valence-electron chi connectivity index (χ1n) is 11.3. The van der Waals surface area contributed by atoms with Gasteiger partial charge in [-0.05, 0) is 73.9 Å². The Labute approximate surface area is 196 Å². The van der Waals surface area contributed by atoms with Crippen LogP contribution in [-0.4, -0.2) is 17.7 Å². The van der Waals surface area contributed by atoms with Crippen LogP contribution in [0.4, 0.5) is 11.4 Å². The smallest absolute Gasteiger partial charge is 0.215 e. The normalized spacial score (nSPS) is 13.5. The third kappa shape index (κ3) is 6.11. The van der Waals surface area contributed by atoms with Crippen LogP contribution in [0.2, 0.25) is 0 Å². The van der Waals surface area contributed by atoms with Gasteiger partial charge in [0.05, 0.1) is 11.4 Å². The maximum absolute atomic E-state index is 7.44. The minimum Gasteiger partial charge on any atom is -0.235 e. The van der Waals surface area contributed by atoms with E-state index in [1.807, 2.05) is 6.34 Å². The lowest BCUT2D eigenvalue weighted by Crippen LogP contribution is -2.29. The number of halogens is 1. The summed E-state index contributed by atoms with van der Waals surface area (Å²) in [5, 5.41) is 0. The molecule has 170 valence electrons. The number of aliphatic imine (C=N–C) groups is 1. The van der Waals surface area contributed by atoms with Crippen molar-refractivity contribution in [2.45, 2.75) is 91.4 Å². The van der Waals surface area contributed by atoms with Gasteiger partial charge >= 0.3 is 0 Å². The molecule has 0 radical (unpaired) electrons. The quantitative estimate of drug-likeness (QED) is 0.238. The summed E-state index contributed by atoms with van der Waals surface area (Å²) in [7, 11) is 0. The van der Waals surface area contributed by atoms with Gasteiger partial charge in [-0.3, -0.25) is 0 Å². The van der Waals surface area contributed by atoms with Gasteiger partial charge < -0.3 is 0 Å². The van der Waals surface area contributed by atoms with Crippen LogP contribution < -0.4 is 4.67 Å². The molecule has 0 saturated carbocycles. The second kappa shape index (κ2) is 9.63. The Morgan fingerprint density at radius 3 is 1.48 bits per heavy atom. The van der Waals surface area contributed by atoms with Crippen molar-refractivity contribution in [3.8, 4) is 0 Å². The summed E-state index contributed by atoms with van der Waals surface area (Å²) in [5.41, 5.74) is 5.61. The Morgan fingerprint density at radius 1 is 0.742 bits per heavy atom. The van der Waals surface area contributed by atoms with Gasteiger partial charge in [-0.25, -0.2) is 4.99 Å². The minimum atomic E-state index is -2.02. The van der Waals surface area contributed by atoms with E-state index in [9.17, 15) is 0 Å². The zero-order chi connectivity index (χ0) is 23.6. The number of anilines is 1. The molecule has 0 aromatic heterocycles. The number of rotatable bonds is 6. The van der Waals surface area contributed by atoms with Crippen LogP contribution in [0.5, 0.6) is 0 Å². The first kappa shape index (κ1) is 25.9. The average molecular weight is 460 g/mol. The molecule has 2 nitrogen and oxygen atoms in total. The van der Waals surface area contributed by atoms with Gasteiger partial charge in [0.2, 0.25) is 6.77 Å². The summed E-state index contributed by atoms with van der Waals surface area (Å²) in [6, 6.07) is 17.3. The van der Waals surface area contributed by atoms with Crippen LogP contribution in [-0.2, 0) is 10.8 Å². The highest BCUT2D eigenvalue weighted by Crippen LogP contribution is 2.74. The van der Waals surface area contributed by atoms with E-state index in [0.29, 0.717) is 11.3 Å². The minimum absolute atomic E-state index is 0.121. The fraction of sp³-hybridized carbons (Fsp3) is 0.519. The fourth-order valence-corrected chi connectivity index (χ4v) is 6.96. The van der Waals surface area contributed by atoms with Crippen molar-refractivity contribution in [3.63, 3.8) is 0 Å². The molecule has 2 aromatic rings. The zero-order valence-electron chi connectivity index (χ0n) is 21.1. The molecule has 0 bridgehead atoms. The predicted molar refractivity (Wildman–Crippen MR) is 144 cm³/mol. The maximum atomic E-state index is 7.44. The standard InChI is InChI=1S/C27H41ClN2P/c1-20(2)31(28,21(3)4)30(25-17-13-23(14-18-25)27(8,9)10)19-29-24-15-11-22(12-16-24)26(5,6)7/h11-21H,1-10H3/q+1. The molecule has 31 heavy (non-hydrogen) atoms. The molecular weight excluding hydrogens is 419 g/mol. The molecule has 0 atom stereocenters. The van der Waals surface area contributed by atoms with Crippen molar-refractivity contribution in [1.82, 2.24) is 0 Å². The number of hydrogen-bond acceptors (Lipinski definition) is 1. The van der Waals surface area contributed by atoms with Crippen LogP contribution in [0.3, 0.4) is 0 Å². The molecule has 0 amide bonds. The third-order valence-electron chi connectivity index (χ3n) is 5.83. The molecule has 2 rings (SSSR count). The lowest BCUT2D eigenvalue weighted by atomic mass is 9.87. The van der Waals surface area contributed by atoms with E-state index in [1.54, 1.807) is 0 Å². The molecule has 2 aromatic carbocycles. The zero-order valence-corrected chi connectivity index (χ0v) is 22.7. The van der Waals surface area contributed by atoms with Gasteiger partial charge in [0.1, 0.15) is 28.9 Å². The van der Waals surface area contributed by atoms with Crippen LogP contribution in [0, 0.1) is 0 Å². The van der Waals surface area contributed by atoms with Crippen LogP contribution >= 0.6 is 18.0 Å². The molecule has 0 unspecified atom stereocenters. The molecule has 4 heteroatoms. The molecule has 0 saturated heterocycles. The Morgan fingerprint density at radius 2 is 1.13 bits per heavy atom. The lowest BCUT2D eigenvalue weighted by molar-refractivity contribution is 0.590. The summed E-state index contributed by atoms with van der Waals surface area (Å²) in [4.78, 5) is 4.85. The highest BCUT2D eigenvalue weighted by Gasteiger charge is 2.50. The topological polar surface area (TPSA) is 15.6 Å². The Balaban J connectivity index is 2.49. The Kier molecular flexibility index (Phi) is 8.05. The second-order valence-corrected chi connectivity index (χ2v) is 16.4. The molecular formula is C27H41ClN2P+. The van der Waals surface area contributed by atoms with Crippen molar-refractivity contribution >= 4 is 35.7 Å². The molecule has 0 fully saturated rings. The predicted octanol–water partition coefficient (Wildman–Crippen LogP) is 9.35. The second-order valence-electron chi connectivity index (χ2n) is 11.0. The summed E-state index contributed by atoms with van der Waals surface area (Å²) >= 11 is 7.44. The first-order chi connectivity index (χ1) is 14.2. The molecule has 0 heterocycles. The Bertz CT molecular complexity index is 861. The lowest BCUT2D eigenvalue weighted by Gasteiger charge is -2.35. The highest BCUT2D eigenvalue weighted by molar-refractivity contribution is 8.01. The van der Waals surface area contributed by atoms with Crippen molar-refractivity contribution in [2.75, 3.05) is 4.67 Å². The third-order valence-corrected chi connectivity index (χ3v) is 12.5. The molecule has 0 N–H and O–H groups in total. The number of benzene rings is 2. The van der Waals surface area contributed by atoms with Crippen LogP contribution in [0.1, 0.15) is 80.4 Å². The summed E-state index contributed by atoms with van der Waals surface area (Å²) < 4.78 is 2.26. The van der Waals surface area contributed by atoms with Gasteiger partial charge in [0.15, 0.2) is 0 Å². The van der Waals surface area contributed by atoms with Crippen molar-refractivity contribution in [3.05, 3.63) is 59.7 Å². The number of hydrogen-bond donors (Lipinski definition) is 0. The van der Waals surface area contributed by atoms with Gasteiger partial charge in [0.25, 0.3) is 0 Å². The van der Waals surface area contributed by atoms with E-state index in [0.717, 1.165) is 11.4 Å². The van der Waals surface area contributed by atoms with E-state index in [2.05, 4.69) is 122 Å². The maximum Gasteiger partial charge on any atom is 0.215 e. The highest BCUT2D eigenvalue weighted by atomic mass is 35.7. The fourth-order valence-electron chi connectivity index (χ4n) is 3.70.